The third-order valence-corrected chi connectivity index (χ3v) is 5.36. The number of fused-ring (bicyclic) bond motifs is 3. The Kier molecular flexibility index (Phi) is 4.28. The number of carboxylic acids is 1. The number of halogens is 1. The van der Waals surface area contributed by atoms with Gasteiger partial charge >= 0.3 is 5.97 Å². The van der Waals surface area contributed by atoms with Crippen molar-refractivity contribution in [2.45, 2.75) is 19.5 Å². The number of carboxylic acid groups (broad SMARTS) is 1. The van der Waals surface area contributed by atoms with E-state index in [1.54, 1.807) is 0 Å². The van der Waals surface area contributed by atoms with E-state index in [1.807, 2.05) is 58.0 Å². The summed E-state index contributed by atoms with van der Waals surface area (Å²) < 4.78 is 2.81. The maximum atomic E-state index is 12.9. The molecule has 26 heavy (non-hydrogen) atoms. The summed E-state index contributed by atoms with van der Waals surface area (Å²) in [5.41, 5.74) is 3.65. The Hall–Kier alpha value is -2.60. The number of carbonyl (C=O) groups excluding carboxylic acids is 1. The van der Waals surface area contributed by atoms with Gasteiger partial charge in [0.25, 0.3) is 5.91 Å². The third-order valence-electron chi connectivity index (χ3n) is 4.83. The molecule has 0 saturated heterocycles. The lowest BCUT2D eigenvalue weighted by molar-refractivity contribution is -0.137. The third kappa shape index (κ3) is 2.90. The monoisotopic (exact) mass is 412 g/mol. The van der Waals surface area contributed by atoms with Gasteiger partial charge in [0.1, 0.15) is 6.54 Å². The first kappa shape index (κ1) is 16.8. The lowest BCUT2D eigenvalue weighted by Crippen LogP contribution is -2.36. The van der Waals surface area contributed by atoms with Crippen LogP contribution < -0.4 is 0 Å². The number of aliphatic carboxylic acids is 1. The number of rotatable bonds is 3. The molecule has 0 fully saturated rings. The second-order valence-corrected chi connectivity index (χ2v) is 7.32. The predicted molar refractivity (Wildman–Crippen MR) is 102 cm³/mol. The van der Waals surface area contributed by atoms with E-state index in [4.69, 9.17) is 0 Å². The van der Waals surface area contributed by atoms with Gasteiger partial charge in [0.15, 0.2) is 0 Å². The topological polar surface area (TPSA) is 62.5 Å². The number of aromatic nitrogens is 1. The normalized spacial score (nSPS) is 13.7. The Morgan fingerprint density at radius 2 is 1.81 bits per heavy atom. The summed E-state index contributed by atoms with van der Waals surface area (Å²) in [6.45, 7) is 1.02. The molecule has 1 aromatic heterocycles. The van der Waals surface area contributed by atoms with Crippen LogP contribution in [0.4, 0.5) is 0 Å². The Morgan fingerprint density at radius 3 is 2.54 bits per heavy atom. The van der Waals surface area contributed by atoms with Crippen LogP contribution in [0.5, 0.6) is 0 Å². The summed E-state index contributed by atoms with van der Waals surface area (Å²) >= 11 is 3.39. The summed E-state index contributed by atoms with van der Waals surface area (Å²) in [4.78, 5) is 26.0. The van der Waals surface area contributed by atoms with Crippen LogP contribution in [0.25, 0.3) is 10.9 Å². The van der Waals surface area contributed by atoms with Crippen LogP contribution in [0.2, 0.25) is 0 Å². The second kappa shape index (κ2) is 6.61. The molecule has 0 aliphatic carbocycles. The van der Waals surface area contributed by atoms with E-state index in [2.05, 4.69) is 15.9 Å². The smallest absolute Gasteiger partial charge is 0.323 e. The molecule has 0 radical (unpaired) electrons. The Labute approximate surface area is 159 Å². The molecule has 2 heterocycles. The Balaban J connectivity index is 1.71. The number of hydrogen-bond donors (Lipinski definition) is 1. The minimum atomic E-state index is -0.859. The summed E-state index contributed by atoms with van der Waals surface area (Å²) in [5, 5.41) is 10.3. The molecule has 4 rings (SSSR count). The molecule has 1 N–H and O–H groups in total. The number of carbonyl (C=O) groups is 2. The number of nitrogens with zero attached hydrogens (tertiary/aromatic N) is 2. The molecule has 1 aliphatic rings. The van der Waals surface area contributed by atoms with Crippen molar-refractivity contribution in [1.82, 2.24) is 9.47 Å². The van der Waals surface area contributed by atoms with Gasteiger partial charge in [-0.3, -0.25) is 9.59 Å². The zero-order valence-electron chi connectivity index (χ0n) is 14.0. The second-order valence-electron chi connectivity index (χ2n) is 6.41. The van der Waals surface area contributed by atoms with E-state index in [0.29, 0.717) is 25.1 Å². The Morgan fingerprint density at radius 1 is 1.08 bits per heavy atom. The molecule has 0 atom stereocenters. The lowest BCUT2D eigenvalue weighted by atomic mass is 10.0. The first-order valence-electron chi connectivity index (χ1n) is 8.40. The Bertz CT molecular complexity index is 1010. The standard InChI is InChI=1S/C20H17BrN2O3/c21-14-7-5-13(6-8-14)20(26)22-10-9-18-16(11-22)15-3-1-2-4-17(15)23(18)12-19(24)25/h1-8H,9-12H2,(H,24,25). The zero-order chi connectivity index (χ0) is 18.3. The maximum absolute atomic E-state index is 12.9. The van der Waals surface area contributed by atoms with E-state index >= 15 is 0 Å². The molecule has 6 heteroatoms. The van der Waals surface area contributed by atoms with E-state index in [1.165, 1.54) is 0 Å². The highest BCUT2D eigenvalue weighted by atomic mass is 79.9. The number of hydrogen-bond acceptors (Lipinski definition) is 2. The highest BCUT2D eigenvalue weighted by Gasteiger charge is 2.27. The van der Waals surface area contributed by atoms with Crippen LogP contribution in [0.3, 0.4) is 0 Å². The summed E-state index contributed by atoms with van der Waals surface area (Å²) in [7, 11) is 0. The molecule has 1 aliphatic heterocycles. The number of para-hydroxylation sites is 1. The fourth-order valence-electron chi connectivity index (χ4n) is 3.67. The summed E-state index contributed by atoms with van der Waals surface area (Å²) in [5.74, 6) is -0.861. The van der Waals surface area contributed by atoms with E-state index in [0.717, 1.165) is 26.6 Å². The number of amides is 1. The average Bonchev–Trinajstić information content (AvgIpc) is 2.95. The molecule has 132 valence electrons. The molecule has 5 nitrogen and oxygen atoms in total. The minimum absolute atomic E-state index is 0.00165. The van der Waals surface area contributed by atoms with Gasteiger partial charge in [-0.2, -0.15) is 0 Å². The van der Waals surface area contributed by atoms with E-state index in [-0.39, 0.29) is 12.5 Å². The largest absolute Gasteiger partial charge is 0.480 e. The van der Waals surface area contributed by atoms with Gasteiger partial charge in [0.05, 0.1) is 0 Å². The highest BCUT2D eigenvalue weighted by Crippen LogP contribution is 2.31. The fraction of sp³-hybridized carbons (Fsp3) is 0.200. The van der Waals surface area contributed by atoms with Gasteiger partial charge in [-0.15, -0.1) is 0 Å². The predicted octanol–water partition coefficient (Wildman–Crippen LogP) is 3.69. The fourth-order valence-corrected chi connectivity index (χ4v) is 3.93. The number of benzene rings is 2. The van der Waals surface area contributed by atoms with Gasteiger partial charge in [0.2, 0.25) is 0 Å². The highest BCUT2D eigenvalue weighted by molar-refractivity contribution is 9.10. The van der Waals surface area contributed by atoms with Crippen molar-refractivity contribution >= 4 is 38.7 Å². The van der Waals surface area contributed by atoms with Crippen molar-refractivity contribution in [1.29, 1.82) is 0 Å². The van der Waals surface area contributed by atoms with Crippen LogP contribution in [-0.4, -0.2) is 33.0 Å². The van der Waals surface area contributed by atoms with E-state index in [9.17, 15) is 14.7 Å². The molecule has 0 unspecified atom stereocenters. The first-order valence-corrected chi connectivity index (χ1v) is 9.19. The lowest BCUT2D eigenvalue weighted by Gasteiger charge is -2.28. The van der Waals surface area contributed by atoms with Crippen LogP contribution >= 0.6 is 15.9 Å². The van der Waals surface area contributed by atoms with Crippen molar-refractivity contribution in [3.05, 3.63) is 69.8 Å². The quantitative estimate of drug-likeness (QED) is 0.713. The van der Waals surface area contributed by atoms with Gasteiger partial charge in [-0.25, -0.2) is 0 Å². The van der Waals surface area contributed by atoms with Gasteiger partial charge in [-0.05, 0) is 30.3 Å². The molecule has 3 aromatic rings. The minimum Gasteiger partial charge on any atom is -0.480 e. The summed E-state index contributed by atoms with van der Waals surface area (Å²) in [6.07, 6.45) is 0.652. The molecular formula is C20H17BrN2O3. The molecule has 0 spiro atoms. The van der Waals surface area contributed by atoms with Crippen molar-refractivity contribution < 1.29 is 14.7 Å². The molecule has 0 bridgehead atoms. The van der Waals surface area contributed by atoms with Crippen molar-refractivity contribution in [3.8, 4) is 0 Å². The van der Waals surface area contributed by atoms with Crippen LogP contribution in [0.1, 0.15) is 21.6 Å². The summed E-state index contributed by atoms with van der Waals surface area (Å²) in [6, 6.07) is 15.2. The average molecular weight is 413 g/mol. The van der Waals surface area contributed by atoms with E-state index < -0.39 is 5.97 Å². The maximum Gasteiger partial charge on any atom is 0.323 e. The molecule has 2 aromatic carbocycles. The van der Waals surface area contributed by atoms with Crippen LogP contribution in [0, 0.1) is 0 Å². The van der Waals surface area contributed by atoms with Crippen molar-refractivity contribution in [2.75, 3.05) is 6.54 Å². The SMILES string of the molecule is O=C(O)Cn1c2c(c3ccccc31)CN(C(=O)c1ccc(Br)cc1)CC2. The first-order chi connectivity index (χ1) is 12.5. The molecule has 0 saturated carbocycles. The van der Waals surface area contributed by atoms with Crippen LogP contribution in [-0.2, 0) is 24.3 Å². The molecular weight excluding hydrogens is 396 g/mol. The van der Waals surface area contributed by atoms with Crippen molar-refractivity contribution in [3.63, 3.8) is 0 Å². The zero-order valence-corrected chi connectivity index (χ0v) is 15.6. The van der Waals surface area contributed by atoms with Crippen LogP contribution in [0.15, 0.2) is 53.0 Å². The van der Waals surface area contributed by atoms with Gasteiger partial charge < -0.3 is 14.6 Å². The van der Waals surface area contributed by atoms with Gasteiger partial charge in [0, 0.05) is 51.7 Å². The van der Waals surface area contributed by atoms with Crippen molar-refractivity contribution in [2.24, 2.45) is 0 Å². The molecule has 1 amide bonds. The van der Waals surface area contributed by atoms with Gasteiger partial charge in [-0.1, -0.05) is 34.1 Å².